The third-order valence-corrected chi connectivity index (χ3v) is 5.91. The van der Waals surface area contributed by atoms with Crippen LogP contribution in [0.3, 0.4) is 0 Å². The van der Waals surface area contributed by atoms with Crippen LogP contribution in [0.2, 0.25) is 0 Å². The third-order valence-electron chi connectivity index (χ3n) is 4.06. The summed E-state index contributed by atoms with van der Waals surface area (Å²) in [6.07, 6.45) is 2.44. The second-order valence-corrected chi connectivity index (χ2v) is 7.67. The molecular formula is C16H26N2O2S. The Kier molecular flexibility index (Phi) is 5.27. The van der Waals surface area contributed by atoms with Gasteiger partial charge in [-0.05, 0) is 43.5 Å². The number of rotatable bonds is 7. The van der Waals surface area contributed by atoms with Crippen LogP contribution in [-0.4, -0.2) is 27.3 Å². The second kappa shape index (κ2) is 6.79. The molecule has 0 amide bonds. The molecule has 5 heteroatoms. The SMILES string of the molecule is CCCCS(=O)(=O)N1CCc2cc(C(C)NCC)ccc21. The van der Waals surface area contributed by atoms with Crippen LogP contribution in [0.4, 0.5) is 5.69 Å². The number of sulfonamides is 1. The lowest BCUT2D eigenvalue weighted by Crippen LogP contribution is -2.31. The van der Waals surface area contributed by atoms with E-state index in [2.05, 4.69) is 25.2 Å². The highest BCUT2D eigenvalue weighted by molar-refractivity contribution is 7.92. The summed E-state index contributed by atoms with van der Waals surface area (Å²) in [7, 11) is -3.16. The maximum absolute atomic E-state index is 12.4. The fraction of sp³-hybridized carbons (Fsp3) is 0.625. The van der Waals surface area contributed by atoms with Gasteiger partial charge >= 0.3 is 0 Å². The summed E-state index contributed by atoms with van der Waals surface area (Å²) < 4.78 is 26.4. The van der Waals surface area contributed by atoms with Gasteiger partial charge in [-0.25, -0.2) is 8.42 Å². The van der Waals surface area contributed by atoms with Gasteiger partial charge < -0.3 is 5.32 Å². The molecule has 0 bridgehead atoms. The van der Waals surface area contributed by atoms with E-state index in [1.54, 1.807) is 4.31 Å². The van der Waals surface area contributed by atoms with E-state index in [-0.39, 0.29) is 5.75 Å². The molecule has 1 aliphatic heterocycles. The molecule has 0 aliphatic carbocycles. The average molecular weight is 310 g/mol. The Bertz CT molecular complexity index is 584. The maximum atomic E-state index is 12.4. The highest BCUT2D eigenvalue weighted by atomic mass is 32.2. The summed E-state index contributed by atoms with van der Waals surface area (Å²) in [4.78, 5) is 0. The minimum Gasteiger partial charge on any atom is -0.310 e. The number of nitrogens with one attached hydrogen (secondary N) is 1. The molecule has 1 unspecified atom stereocenters. The summed E-state index contributed by atoms with van der Waals surface area (Å²) in [6.45, 7) is 7.75. The Labute approximate surface area is 128 Å². The van der Waals surface area contributed by atoms with Crippen molar-refractivity contribution in [1.82, 2.24) is 5.32 Å². The number of hydrogen-bond donors (Lipinski definition) is 1. The Balaban J connectivity index is 2.22. The van der Waals surface area contributed by atoms with Crippen molar-refractivity contribution in [2.75, 3.05) is 23.1 Å². The van der Waals surface area contributed by atoms with Gasteiger partial charge in [-0.2, -0.15) is 0 Å². The second-order valence-electron chi connectivity index (χ2n) is 5.66. The van der Waals surface area contributed by atoms with Crippen molar-refractivity contribution < 1.29 is 8.42 Å². The van der Waals surface area contributed by atoms with Crippen molar-refractivity contribution in [3.05, 3.63) is 29.3 Å². The topological polar surface area (TPSA) is 49.4 Å². The van der Waals surface area contributed by atoms with Crippen molar-refractivity contribution in [3.8, 4) is 0 Å². The number of benzene rings is 1. The molecular weight excluding hydrogens is 284 g/mol. The molecule has 1 aliphatic rings. The van der Waals surface area contributed by atoms with Gasteiger partial charge in [0.2, 0.25) is 10.0 Å². The summed E-state index contributed by atoms with van der Waals surface area (Å²) in [5.74, 6) is 0.248. The molecule has 4 nitrogen and oxygen atoms in total. The van der Waals surface area contributed by atoms with Crippen molar-refractivity contribution in [2.24, 2.45) is 0 Å². The van der Waals surface area contributed by atoms with E-state index in [0.29, 0.717) is 12.6 Å². The van der Waals surface area contributed by atoms with Crippen LogP contribution in [-0.2, 0) is 16.4 Å². The van der Waals surface area contributed by atoms with Gasteiger partial charge in [0.05, 0.1) is 11.4 Å². The lowest BCUT2D eigenvalue weighted by Gasteiger charge is -2.20. The van der Waals surface area contributed by atoms with E-state index < -0.39 is 10.0 Å². The summed E-state index contributed by atoms with van der Waals surface area (Å²) in [5, 5.41) is 3.39. The van der Waals surface area contributed by atoms with Gasteiger partial charge in [-0.3, -0.25) is 4.31 Å². The molecule has 0 aromatic heterocycles. The van der Waals surface area contributed by atoms with Crippen LogP contribution in [0.25, 0.3) is 0 Å². The molecule has 0 saturated heterocycles. The summed E-state index contributed by atoms with van der Waals surface area (Å²) in [6, 6.07) is 6.46. The van der Waals surface area contributed by atoms with Crippen LogP contribution in [0.15, 0.2) is 18.2 Å². The van der Waals surface area contributed by atoms with Gasteiger partial charge in [0.25, 0.3) is 0 Å². The quantitative estimate of drug-likeness (QED) is 0.842. The standard InChI is InChI=1S/C16H26N2O2S/c1-4-6-11-21(19,20)18-10-9-15-12-14(7-8-16(15)18)13(3)17-5-2/h7-8,12-13,17H,4-6,9-11H2,1-3H3. The van der Waals surface area contributed by atoms with Crippen LogP contribution in [0.5, 0.6) is 0 Å². The van der Waals surface area contributed by atoms with Crippen LogP contribution >= 0.6 is 0 Å². The third kappa shape index (κ3) is 3.58. The molecule has 1 atom stereocenters. The van der Waals surface area contributed by atoms with E-state index in [9.17, 15) is 8.42 Å². The highest BCUT2D eigenvalue weighted by Gasteiger charge is 2.29. The molecule has 0 spiro atoms. The van der Waals surface area contributed by atoms with E-state index in [1.807, 2.05) is 19.1 Å². The van der Waals surface area contributed by atoms with E-state index in [1.165, 1.54) is 5.56 Å². The Morgan fingerprint density at radius 2 is 2.10 bits per heavy atom. The summed E-state index contributed by atoms with van der Waals surface area (Å²) in [5.41, 5.74) is 3.25. The smallest absolute Gasteiger partial charge is 0.235 e. The molecule has 1 heterocycles. The van der Waals surface area contributed by atoms with Gasteiger partial charge in [-0.15, -0.1) is 0 Å². The van der Waals surface area contributed by atoms with Crippen molar-refractivity contribution in [2.45, 2.75) is 46.1 Å². The first-order chi connectivity index (χ1) is 9.99. The number of hydrogen-bond acceptors (Lipinski definition) is 3. The predicted molar refractivity (Wildman–Crippen MR) is 88.3 cm³/mol. The zero-order valence-corrected chi connectivity index (χ0v) is 14.0. The van der Waals surface area contributed by atoms with Crippen LogP contribution in [0, 0.1) is 0 Å². The molecule has 0 radical (unpaired) electrons. The number of anilines is 1. The van der Waals surface area contributed by atoms with E-state index >= 15 is 0 Å². The van der Waals surface area contributed by atoms with Gasteiger partial charge in [0.15, 0.2) is 0 Å². The maximum Gasteiger partial charge on any atom is 0.235 e. The fourth-order valence-electron chi connectivity index (χ4n) is 2.81. The first-order valence-corrected chi connectivity index (χ1v) is 9.47. The van der Waals surface area contributed by atoms with Gasteiger partial charge in [0, 0.05) is 12.6 Å². The van der Waals surface area contributed by atoms with Crippen molar-refractivity contribution in [3.63, 3.8) is 0 Å². The lowest BCUT2D eigenvalue weighted by molar-refractivity contribution is 0.589. The largest absolute Gasteiger partial charge is 0.310 e. The molecule has 0 saturated carbocycles. The summed E-state index contributed by atoms with van der Waals surface area (Å²) >= 11 is 0. The number of nitrogens with zero attached hydrogens (tertiary/aromatic N) is 1. The van der Waals surface area contributed by atoms with Crippen molar-refractivity contribution >= 4 is 15.7 Å². The number of fused-ring (bicyclic) bond motifs is 1. The lowest BCUT2D eigenvalue weighted by atomic mass is 10.0. The van der Waals surface area contributed by atoms with E-state index in [4.69, 9.17) is 0 Å². The molecule has 2 rings (SSSR count). The monoisotopic (exact) mass is 310 g/mol. The van der Waals surface area contributed by atoms with Crippen LogP contribution in [0.1, 0.15) is 50.8 Å². The highest BCUT2D eigenvalue weighted by Crippen LogP contribution is 2.32. The average Bonchev–Trinajstić information content (AvgIpc) is 2.89. The molecule has 1 aromatic carbocycles. The van der Waals surface area contributed by atoms with Crippen LogP contribution < -0.4 is 9.62 Å². The zero-order valence-electron chi connectivity index (χ0n) is 13.2. The Hall–Kier alpha value is -1.07. The normalized spacial score (nSPS) is 16.0. The van der Waals surface area contributed by atoms with Crippen molar-refractivity contribution in [1.29, 1.82) is 0 Å². The predicted octanol–water partition coefficient (Wildman–Crippen LogP) is 2.85. The molecule has 0 fully saturated rings. The van der Waals surface area contributed by atoms with E-state index in [0.717, 1.165) is 37.1 Å². The minimum atomic E-state index is -3.16. The number of unbranched alkanes of at least 4 members (excludes halogenated alkanes) is 1. The first kappa shape index (κ1) is 16.3. The minimum absolute atomic E-state index is 0.248. The molecule has 118 valence electrons. The zero-order chi connectivity index (χ0) is 15.5. The Morgan fingerprint density at radius 3 is 2.76 bits per heavy atom. The fourth-order valence-corrected chi connectivity index (χ4v) is 4.53. The first-order valence-electron chi connectivity index (χ1n) is 7.86. The molecule has 1 N–H and O–H groups in total. The molecule has 21 heavy (non-hydrogen) atoms. The van der Waals surface area contributed by atoms with Gasteiger partial charge in [-0.1, -0.05) is 32.4 Å². The van der Waals surface area contributed by atoms with Gasteiger partial charge in [0.1, 0.15) is 0 Å². The Morgan fingerprint density at radius 1 is 1.33 bits per heavy atom. The molecule has 1 aromatic rings.